The number of carbonyl (C=O) groups is 1. The standard InChI is InChI=1S/C16H20N2O4S3/c1-12(24(2)20)9-10-17-16(19)13-5-7-14(8-6-13)18-25(21,22)15-4-3-11-23-15/h3-8,11-12,18H,9-10H2,1-2H3,(H,17,19)/t12-,24-/m0/s1. The van der Waals surface area contributed by atoms with Gasteiger partial charge in [0, 0.05) is 40.1 Å². The number of sulfonamides is 1. The van der Waals surface area contributed by atoms with Gasteiger partial charge in [0.05, 0.1) is 0 Å². The molecule has 1 amide bonds. The molecule has 6 nitrogen and oxygen atoms in total. The van der Waals surface area contributed by atoms with Crippen molar-refractivity contribution < 1.29 is 17.4 Å². The van der Waals surface area contributed by atoms with Gasteiger partial charge in [-0.1, -0.05) is 13.0 Å². The zero-order valence-electron chi connectivity index (χ0n) is 13.9. The zero-order valence-corrected chi connectivity index (χ0v) is 16.3. The average Bonchev–Trinajstić information content (AvgIpc) is 3.10. The Kier molecular flexibility index (Phi) is 6.74. The van der Waals surface area contributed by atoms with Crippen LogP contribution >= 0.6 is 11.3 Å². The van der Waals surface area contributed by atoms with Crippen molar-refractivity contribution in [2.45, 2.75) is 22.8 Å². The van der Waals surface area contributed by atoms with Crippen LogP contribution in [0, 0.1) is 0 Å². The van der Waals surface area contributed by atoms with Crippen molar-refractivity contribution >= 4 is 43.8 Å². The summed E-state index contributed by atoms with van der Waals surface area (Å²) in [6.45, 7) is 2.31. The second-order valence-electron chi connectivity index (χ2n) is 5.47. The topological polar surface area (TPSA) is 92.3 Å². The number of thiophene rings is 1. The number of amides is 1. The third kappa shape index (κ3) is 5.65. The van der Waals surface area contributed by atoms with Crippen molar-refractivity contribution in [3.63, 3.8) is 0 Å². The molecular formula is C16H20N2O4S3. The first kappa shape index (κ1) is 19.6. The maximum absolute atomic E-state index is 12.1. The van der Waals surface area contributed by atoms with Crippen LogP contribution < -0.4 is 10.0 Å². The monoisotopic (exact) mass is 400 g/mol. The Labute approximate surface area is 154 Å². The van der Waals surface area contributed by atoms with E-state index in [4.69, 9.17) is 0 Å². The Morgan fingerprint density at radius 2 is 1.92 bits per heavy atom. The van der Waals surface area contributed by atoms with Crippen LogP contribution in [0.1, 0.15) is 23.7 Å². The molecule has 1 aromatic carbocycles. The lowest BCUT2D eigenvalue weighted by Gasteiger charge is -2.10. The highest BCUT2D eigenvalue weighted by molar-refractivity contribution is 7.94. The fraction of sp³-hybridized carbons (Fsp3) is 0.312. The Hall–Kier alpha value is -1.71. The molecule has 0 spiro atoms. The number of rotatable bonds is 8. The first-order chi connectivity index (χ1) is 11.8. The SMILES string of the molecule is C[C@@H](CCNC(=O)c1ccc(NS(=O)(=O)c2cccs2)cc1)[S@](C)=O. The summed E-state index contributed by atoms with van der Waals surface area (Å²) in [6.07, 6.45) is 2.27. The molecule has 2 rings (SSSR count). The number of benzene rings is 1. The van der Waals surface area contributed by atoms with Crippen LogP contribution in [0.15, 0.2) is 46.0 Å². The van der Waals surface area contributed by atoms with Crippen LogP contribution in [0.4, 0.5) is 5.69 Å². The van der Waals surface area contributed by atoms with Crippen LogP contribution in [0.25, 0.3) is 0 Å². The zero-order chi connectivity index (χ0) is 18.4. The van der Waals surface area contributed by atoms with Gasteiger partial charge in [-0.3, -0.25) is 13.7 Å². The van der Waals surface area contributed by atoms with E-state index < -0.39 is 20.8 Å². The van der Waals surface area contributed by atoms with Crippen LogP contribution in [0.3, 0.4) is 0 Å². The van der Waals surface area contributed by atoms with E-state index >= 15 is 0 Å². The van der Waals surface area contributed by atoms with E-state index in [0.29, 0.717) is 24.2 Å². The molecule has 1 heterocycles. The fourth-order valence-corrected chi connectivity index (χ4v) is 4.47. The lowest BCUT2D eigenvalue weighted by atomic mass is 10.2. The molecule has 0 aliphatic heterocycles. The van der Waals surface area contributed by atoms with Gasteiger partial charge in [0.25, 0.3) is 15.9 Å². The molecule has 0 saturated heterocycles. The molecule has 0 unspecified atom stereocenters. The Morgan fingerprint density at radius 3 is 2.48 bits per heavy atom. The molecular weight excluding hydrogens is 380 g/mol. The predicted molar refractivity (Wildman–Crippen MR) is 102 cm³/mol. The summed E-state index contributed by atoms with van der Waals surface area (Å²) >= 11 is 1.13. The molecule has 0 saturated carbocycles. The van der Waals surface area contributed by atoms with Gasteiger partial charge in [0.2, 0.25) is 0 Å². The maximum Gasteiger partial charge on any atom is 0.271 e. The predicted octanol–water partition coefficient (Wildman–Crippen LogP) is 2.44. The largest absolute Gasteiger partial charge is 0.352 e. The highest BCUT2D eigenvalue weighted by Crippen LogP contribution is 2.20. The van der Waals surface area contributed by atoms with E-state index in [0.717, 1.165) is 11.3 Å². The van der Waals surface area contributed by atoms with Gasteiger partial charge in [0.15, 0.2) is 0 Å². The molecule has 0 radical (unpaired) electrons. The van der Waals surface area contributed by atoms with Gasteiger partial charge in [-0.25, -0.2) is 8.42 Å². The van der Waals surface area contributed by atoms with E-state index in [1.165, 1.54) is 6.07 Å². The van der Waals surface area contributed by atoms with Gasteiger partial charge in [0.1, 0.15) is 4.21 Å². The van der Waals surface area contributed by atoms with Crippen molar-refractivity contribution in [2.24, 2.45) is 0 Å². The third-order valence-electron chi connectivity index (χ3n) is 3.56. The van der Waals surface area contributed by atoms with Crippen LogP contribution in [0.2, 0.25) is 0 Å². The summed E-state index contributed by atoms with van der Waals surface area (Å²) in [4.78, 5) is 12.1. The number of anilines is 1. The van der Waals surface area contributed by atoms with Gasteiger partial charge < -0.3 is 5.32 Å². The molecule has 0 aliphatic rings. The van der Waals surface area contributed by atoms with Crippen LogP contribution in [-0.4, -0.2) is 36.6 Å². The molecule has 2 aromatic rings. The molecule has 2 atom stereocenters. The van der Waals surface area contributed by atoms with Crippen molar-refractivity contribution in [3.8, 4) is 0 Å². The number of hydrogen-bond acceptors (Lipinski definition) is 5. The van der Waals surface area contributed by atoms with Crippen LogP contribution in [-0.2, 0) is 20.8 Å². The summed E-state index contributed by atoms with van der Waals surface area (Å²) in [5, 5.41) is 4.48. The molecule has 136 valence electrons. The van der Waals surface area contributed by atoms with E-state index in [1.807, 2.05) is 6.92 Å². The Balaban J connectivity index is 1.93. The third-order valence-corrected chi connectivity index (χ3v) is 7.71. The minimum absolute atomic E-state index is 0.0225. The number of carbonyl (C=O) groups excluding carboxylic acids is 1. The lowest BCUT2D eigenvalue weighted by Crippen LogP contribution is -2.27. The Bertz CT molecular complexity index is 831. The van der Waals surface area contributed by atoms with E-state index in [9.17, 15) is 17.4 Å². The summed E-state index contributed by atoms with van der Waals surface area (Å²) in [5.74, 6) is -0.248. The quantitative estimate of drug-likeness (QED) is 0.712. The van der Waals surface area contributed by atoms with Gasteiger partial charge in [-0.05, 0) is 42.1 Å². The average molecular weight is 401 g/mol. The number of nitrogens with one attached hydrogen (secondary N) is 2. The van der Waals surface area contributed by atoms with E-state index in [2.05, 4.69) is 10.0 Å². The van der Waals surface area contributed by atoms with Gasteiger partial charge in [-0.15, -0.1) is 11.3 Å². The van der Waals surface area contributed by atoms with Gasteiger partial charge >= 0.3 is 0 Å². The van der Waals surface area contributed by atoms with E-state index in [1.54, 1.807) is 42.0 Å². The summed E-state index contributed by atoms with van der Waals surface area (Å²) < 4.78 is 38.3. The molecule has 1 aromatic heterocycles. The summed E-state index contributed by atoms with van der Waals surface area (Å²) in [6, 6.07) is 9.40. The number of hydrogen-bond donors (Lipinski definition) is 2. The van der Waals surface area contributed by atoms with E-state index in [-0.39, 0.29) is 15.4 Å². The van der Waals surface area contributed by atoms with Crippen molar-refractivity contribution in [1.29, 1.82) is 0 Å². The molecule has 0 aliphatic carbocycles. The van der Waals surface area contributed by atoms with Crippen LogP contribution in [0.5, 0.6) is 0 Å². The highest BCUT2D eigenvalue weighted by atomic mass is 32.2. The second kappa shape index (κ2) is 8.59. The summed E-state index contributed by atoms with van der Waals surface area (Å²) in [7, 11) is -4.51. The summed E-state index contributed by atoms with van der Waals surface area (Å²) in [5.41, 5.74) is 0.823. The van der Waals surface area contributed by atoms with Crippen molar-refractivity contribution in [2.75, 3.05) is 17.5 Å². The lowest BCUT2D eigenvalue weighted by molar-refractivity contribution is 0.0953. The molecule has 25 heavy (non-hydrogen) atoms. The smallest absolute Gasteiger partial charge is 0.271 e. The minimum Gasteiger partial charge on any atom is -0.352 e. The fourth-order valence-electron chi connectivity index (χ4n) is 1.97. The minimum atomic E-state index is -3.60. The maximum atomic E-state index is 12.1. The highest BCUT2D eigenvalue weighted by Gasteiger charge is 2.15. The normalized spacial score (nSPS) is 13.8. The first-order valence-electron chi connectivity index (χ1n) is 7.56. The second-order valence-corrected chi connectivity index (χ2v) is 10.1. The Morgan fingerprint density at radius 1 is 1.24 bits per heavy atom. The first-order valence-corrected chi connectivity index (χ1v) is 11.5. The molecule has 0 bridgehead atoms. The van der Waals surface area contributed by atoms with Crippen molar-refractivity contribution in [1.82, 2.24) is 5.32 Å². The van der Waals surface area contributed by atoms with Crippen molar-refractivity contribution in [3.05, 3.63) is 47.3 Å². The molecule has 2 N–H and O–H groups in total. The molecule has 0 fully saturated rings. The molecule has 9 heteroatoms. The van der Waals surface area contributed by atoms with Gasteiger partial charge in [-0.2, -0.15) is 0 Å².